The minimum atomic E-state index is -6.33. The molecule has 0 aromatic carbocycles. The largest absolute Gasteiger partial charge is 0.449 e. The highest BCUT2D eigenvalue weighted by Crippen LogP contribution is 2.68. The van der Waals surface area contributed by atoms with Crippen LogP contribution in [0.15, 0.2) is 50.6 Å². The summed E-state index contributed by atoms with van der Waals surface area (Å²) in [4.78, 5) is 45.6. The van der Waals surface area contributed by atoms with Gasteiger partial charge in [-0.25, -0.2) is 19.2 Å². The van der Waals surface area contributed by atoms with Gasteiger partial charge in [0, 0.05) is 50.0 Å². The quantitative estimate of drug-likeness (QED) is 0.0617. The third-order valence-corrected chi connectivity index (χ3v) is 19.3. The molecule has 628 valence electrons. The first-order valence-electron chi connectivity index (χ1n) is 31.0. The number of alkyl halides is 32. The van der Waals surface area contributed by atoms with Crippen LogP contribution in [0, 0.1) is 11.8 Å². The molecule has 6 fully saturated rings. The summed E-state index contributed by atoms with van der Waals surface area (Å²) in [6, 6.07) is 0. The maximum atomic E-state index is 15.1. The average molecular weight is 1650 g/mol. The Labute approximate surface area is 589 Å². The van der Waals surface area contributed by atoms with Gasteiger partial charge in [-0.15, -0.1) is 0 Å². The van der Waals surface area contributed by atoms with Crippen LogP contribution >= 0.6 is 0 Å². The Bertz CT molecular complexity index is 3260. The molecule has 108 heavy (non-hydrogen) atoms. The monoisotopic (exact) mass is 1650 g/mol. The SMILES string of the molecule is C=CC(=O)OC1(C)CC(C)(C(F)(F)F)OC(O)(C(F)(F)F)C1(F)F.C=CC(=O)OC1(C)CC(C2CCCCC2)(C(F)(F)F)OC(O)(C(F)(F)F)C1(F)F.C=CC(=O)OC1(CC)CC(C)(C(F)(F)F)OC(O)(C(F)(F)F)C1(F)F.C=CC(=O)OC1(CC)CC(C2CCCCC2)(C(F)(F)F)OC(O)(C(F)(F)F)C1(F)F. The van der Waals surface area contributed by atoms with Gasteiger partial charge < -0.3 is 58.3 Å². The Kier molecular flexibility index (Phi) is 26.8. The number of carbonyl (C=O) groups is 4. The fourth-order valence-electron chi connectivity index (χ4n) is 13.3. The zero-order chi connectivity index (χ0) is 85.3. The van der Waals surface area contributed by atoms with E-state index in [-0.39, 0.29) is 85.1 Å². The molecular weight excluding hydrogens is 1580 g/mol. The van der Waals surface area contributed by atoms with Gasteiger partial charge in [-0.2, -0.15) is 140 Å². The van der Waals surface area contributed by atoms with E-state index in [1.165, 1.54) is 0 Å². The summed E-state index contributed by atoms with van der Waals surface area (Å²) >= 11 is 0. The number of halogens is 32. The molecule has 0 amide bonds. The summed E-state index contributed by atoms with van der Waals surface area (Å²) < 4.78 is 473. The highest BCUT2D eigenvalue weighted by Gasteiger charge is 2.91. The summed E-state index contributed by atoms with van der Waals surface area (Å²) in [5.41, 5.74) is -30.0. The number of hydrogen-bond donors (Lipinski definition) is 4. The minimum Gasteiger partial charge on any atom is -0.449 e. The molecule has 2 saturated carbocycles. The van der Waals surface area contributed by atoms with Crippen molar-refractivity contribution in [1.29, 1.82) is 0 Å². The predicted octanol–water partition coefficient (Wildman–Crippen LogP) is 16.3. The maximum absolute atomic E-state index is 15.1. The molecule has 0 spiro atoms. The van der Waals surface area contributed by atoms with Gasteiger partial charge in [0.15, 0.2) is 44.8 Å². The van der Waals surface area contributed by atoms with Gasteiger partial charge in [-0.1, -0.05) is 78.7 Å². The zero-order valence-corrected chi connectivity index (χ0v) is 56.4. The van der Waals surface area contributed by atoms with Crippen LogP contribution in [0.5, 0.6) is 0 Å². The smallest absolute Gasteiger partial charge is 0.449 e. The molecule has 4 saturated heterocycles. The van der Waals surface area contributed by atoms with E-state index in [9.17, 15) is 171 Å². The van der Waals surface area contributed by atoms with Gasteiger partial charge in [0.25, 0.3) is 0 Å². The number of hydrogen-bond acceptors (Lipinski definition) is 16. The van der Waals surface area contributed by atoms with Crippen LogP contribution in [0.3, 0.4) is 0 Å². The van der Waals surface area contributed by atoms with Gasteiger partial charge in [0.05, 0.1) is 0 Å². The van der Waals surface area contributed by atoms with E-state index in [0.29, 0.717) is 31.1 Å². The van der Waals surface area contributed by atoms with Crippen LogP contribution in [-0.2, 0) is 57.1 Å². The molecule has 48 heteroatoms. The fraction of sp³-hybridized carbons (Fsp3) is 0.800. The summed E-state index contributed by atoms with van der Waals surface area (Å²) in [5, 5.41) is 38.7. The molecule has 12 unspecified atom stereocenters. The van der Waals surface area contributed by atoms with Crippen molar-refractivity contribution < 1.29 is 218 Å². The van der Waals surface area contributed by atoms with Crippen LogP contribution in [0.25, 0.3) is 0 Å². The van der Waals surface area contributed by atoms with Crippen molar-refractivity contribution in [2.75, 3.05) is 0 Å². The van der Waals surface area contributed by atoms with E-state index >= 15 is 8.78 Å². The van der Waals surface area contributed by atoms with Crippen LogP contribution in [-0.4, -0.2) is 185 Å². The minimum absolute atomic E-state index is 0.0267. The third kappa shape index (κ3) is 16.0. The van der Waals surface area contributed by atoms with Crippen molar-refractivity contribution >= 4 is 23.9 Å². The Morgan fingerprint density at radius 2 is 0.574 bits per heavy atom. The van der Waals surface area contributed by atoms with Crippen LogP contribution < -0.4 is 0 Å². The Morgan fingerprint density at radius 1 is 0.343 bits per heavy atom. The van der Waals surface area contributed by atoms with Gasteiger partial charge in [-0.3, -0.25) is 0 Å². The lowest BCUT2D eigenvalue weighted by Crippen LogP contribution is -2.80. The highest BCUT2D eigenvalue weighted by atomic mass is 19.4. The van der Waals surface area contributed by atoms with Crippen LogP contribution in [0.4, 0.5) is 140 Å². The molecule has 4 N–H and O–H groups in total. The first-order chi connectivity index (χ1) is 47.8. The lowest BCUT2D eigenvalue weighted by atomic mass is 9.65. The van der Waals surface area contributed by atoms with E-state index in [1.807, 2.05) is 0 Å². The van der Waals surface area contributed by atoms with Crippen molar-refractivity contribution in [3.63, 3.8) is 0 Å². The zero-order valence-electron chi connectivity index (χ0n) is 56.4. The summed E-state index contributed by atoms with van der Waals surface area (Å²) in [6.07, 6.45) is -55.3. The Balaban J connectivity index is 0.000000375. The van der Waals surface area contributed by atoms with Crippen molar-refractivity contribution in [1.82, 2.24) is 0 Å². The molecule has 0 aromatic heterocycles. The summed E-state index contributed by atoms with van der Waals surface area (Å²) in [5.74, 6) is -54.0. The number of carbonyl (C=O) groups excluding carboxylic acids is 4. The van der Waals surface area contributed by atoms with Crippen molar-refractivity contribution in [2.24, 2.45) is 11.8 Å². The molecule has 16 nitrogen and oxygen atoms in total. The number of esters is 4. The highest BCUT2D eigenvalue weighted by molar-refractivity contribution is 5.83. The standard InChI is InChI=1S/C18H22F8O4.C17H20F8O4.C13H14F8O4.C12H12F8O4/c1-3-12(27)29-13(4-2)10-14(17(21,22)23,11-8-6-5-7-9-11)30-16(28,15(13,19)20)18(24,25)26;1-3-11(26)28-12(2)9-13(16(20,21)22,10-7-5-4-6-8-10)29-15(27,14(12,18)19)17(23,24)25;1-4-7(22)24-9(5-2)6-8(3,12(16,17)18)25-11(23,10(9,14)15)13(19,20)21;1-4-6(21)23-7(2)5-8(3,11(15,16)17)24-10(22,9(7,13)14)12(18,19)20/h3,11,28H,1,4-10H2,2H3;3,10,27H,1,4-9H2,2H3;4,23H,1,5-6H2,2-3H3;4,22H,1,5H2,2-3H3. The third-order valence-electron chi connectivity index (χ3n) is 19.3. The molecule has 6 aliphatic rings. The predicted molar refractivity (Wildman–Crippen MR) is 294 cm³/mol. The lowest BCUT2D eigenvalue weighted by molar-refractivity contribution is -0.524. The van der Waals surface area contributed by atoms with Crippen LogP contribution in [0.1, 0.15) is 144 Å². The second kappa shape index (κ2) is 30.0. The van der Waals surface area contributed by atoms with E-state index in [1.54, 1.807) is 0 Å². The molecule has 6 rings (SSSR count). The van der Waals surface area contributed by atoms with Crippen LogP contribution in [0.2, 0.25) is 0 Å². The fourth-order valence-corrected chi connectivity index (χ4v) is 13.3. The Morgan fingerprint density at radius 3 is 0.833 bits per heavy atom. The average Bonchev–Trinajstić information content (AvgIpc) is 0.702. The topological polar surface area (TPSA) is 223 Å². The second-order valence-corrected chi connectivity index (χ2v) is 26.5. The van der Waals surface area contributed by atoms with Gasteiger partial charge in [0.2, 0.25) is 0 Å². The van der Waals surface area contributed by atoms with E-state index in [2.05, 4.69) is 64.2 Å². The normalized spacial score (nSPS) is 36.2. The van der Waals surface area contributed by atoms with Crippen molar-refractivity contribution in [2.45, 2.75) is 285 Å². The van der Waals surface area contributed by atoms with E-state index in [0.717, 1.165) is 13.8 Å². The lowest BCUT2D eigenvalue weighted by Gasteiger charge is -2.59. The molecular formula is C60H68F32O16. The number of ether oxygens (including phenoxy) is 8. The molecule has 0 radical (unpaired) electrons. The molecule has 0 bridgehead atoms. The van der Waals surface area contributed by atoms with E-state index < -0.39 is 215 Å². The molecule has 12 atom stereocenters. The van der Waals surface area contributed by atoms with Gasteiger partial charge in [-0.05, 0) is 78.1 Å². The second-order valence-electron chi connectivity index (χ2n) is 26.5. The van der Waals surface area contributed by atoms with Gasteiger partial charge >= 0.3 is 120 Å². The van der Waals surface area contributed by atoms with E-state index in [4.69, 9.17) is 0 Å². The molecule has 4 aliphatic heterocycles. The first-order valence-corrected chi connectivity index (χ1v) is 31.0. The Hall–Kier alpha value is -5.72. The number of rotatable bonds is 12. The van der Waals surface area contributed by atoms with Crippen molar-refractivity contribution in [3.8, 4) is 0 Å². The maximum Gasteiger partial charge on any atom is 0.449 e. The summed E-state index contributed by atoms with van der Waals surface area (Å²) in [7, 11) is 0. The molecule has 4 heterocycles. The van der Waals surface area contributed by atoms with Gasteiger partial charge in [0.1, 0.15) is 0 Å². The number of aliphatic hydroxyl groups is 4. The molecule has 2 aliphatic carbocycles. The first kappa shape index (κ1) is 96.5. The summed E-state index contributed by atoms with van der Waals surface area (Å²) in [6.45, 7) is 13.6. The van der Waals surface area contributed by atoms with Crippen molar-refractivity contribution in [3.05, 3.63) is 50.6 Å². The molecule has 0 aromatic rings.